The van der Waals surface area contributed by atoms with E-state index < -0.39 is 5.97 Å². The summed E-state index contributed by atoms with van der Waals surface area (Å²) in [7, 11) is 0. The Morgan fingerprint density at radius 3 is 2.80 bits per heavy atom. The molecule has 1 N–H and O–H groups in total. The van der Waals surface area contributed by atoms with Crippen molar-refractivity contribution < 1.29 is 9.90 Å². The molecule has 100 valence electrons. The van der Waals surface area contributed by atoms with Gasteiger partial charge in [-0.25, -0.2) is 4.79 Å². The van der Waals surface area contributed by atoms with Gasteiger partial charge in [0, 0.05) is 17.0 Å². The molecule has 5 heteroatoms. The van der Waals surface area contributed by atoms with E-state index >= 15 is 0 Å². The van der Waals surface area contributed by atoms with Crippen molar-refractivity contribution in [3.8, 4) is 0 Å². The minimum absolute atomic E-state index is 0.115. The highest BCUT2D eigenvalue weighted by Gasteiger charge is 2.08. The molecule has 0 atom stereocenters. The molecule has 0 fully saturated rings. The Hall–Kier alpha value is -2.40. The molecule has 2 aromatic heterocycles. The Labute approximate surface area is 118 Å². The Bertz CT molecular complexity index is 847. The maximum absolute atomic E-state index is 11.8. The van der Waals surface area contributed by atoms with Gasteiger partial charge >= 0.3 is 5.97 Å². The lowest BCUT2D eigenvalue weighted by atomic mass is 10.2. The molecule has 0 amide bonds. The summed E-state index contributed by atoms with van der Waals surface area (Å²) in [6, 6.07) is 10.6. The average Bonchev–Trinajstić information content (AvgIpc) is 2.84. The zero-order valence-corrected chi connectivity index (χ0v) is 11.3. The second-order valence-electron chi connectivity index (χ2n) is 4.45. The number of fused-ring (bicyclic) bond motifs is 1. The summed E-state index contributed by atoms with van der Waals surface area (Å²) in [5, 5.41) is 12.1. The van der Waals surface area contributed by atoms with Crippen LogP contribution >= 0.6 is 11.3 Å². The number of rotatable bonds is 3. The monoisotopic (exact) mass is 285 g/mol. The number of hydrogen-bond acceptors (Lipinski definition) is 3. The highest BCUT2D eigenvalue weighted by molar-refractivity contribution is 7.17. The average molecular weight is 285 g/mol. The zero-order valence-electron chi connectivity index (χ0n) is 10.4. The molecule has 2 heterocycles. The van der Waals surface area contributed by atoms with E-state index in [1.807, 2.05) is 29.6 Å². The third kappa shape index (κ3) is 2.23. The number of nitrogens with zero attached hydrogens (tertiary/aromatic N) is 1. The van der Waals surface area contributed by atoms with Crippen molar-refractivity contribution in [1.29, 1.82) is 0 Å². The fourth-order valence-electron chi connectivity index (χ4n) is 2.12. The molecule has 0 aliphatic carbocycles. The van der Waals surface area contributed by atoms with E-state index in [0.717, 1.165) is 15.6 Å². The summed E-state index contributed by atoms with van der Waals surface area (Å²) in [5.74, 6) is -1.03. The van der Waals surface area contributed by atoms with Gasteiger partial charge in [-0.05, 0) is 28.5 Å². The van der Waals surface area contributed by atoms with Crippen LogP contribution in [-0.2, 0) is 6.54 Å². The highest BCUT2D eigenvalue weighted by Crippen LogP contribution is 2.25. The third-order valence-corrected chi connectivity index (χ3v) is 4.14. The normalized spacial score (nSPS) is 10.8. The van der Waals surface area contributed by atoms with Gasteiger partial charge in [0.15, 0.2) is 0 Å². The Morgan fingerprint density at radius 1 is 1.20 bits per heavy atom. The van der Waals surface area contributed by atoms with Crippen LogP contribution < -0.4 is 5.56 Å². The van der Waals surface area contributed by atoms with Gasteiger partial charge in [0.1, 0.15) is 0 Å². The second kappa shape index (κ2) is 4.94. The highest BCUT2D eigenvalue weighted by atomic mass is 32.1. The van der Waals surface area contributed by atoms with Crippen molar-refractivity contribution in [3.63, 3.8) is 0 Å². The number of hydrogen-bond donors (Lipinski definition) is 1. The first-order valence-electron chi connectivity index (χ1n) is 6.04. The number of aromatic carboxylic acids is 1. The smallest absolute Gasteiger partial charge is 0.337 e. The number of pyridine rings is 1. The first-order valence-corrected chi connectivity index (χ1v) is 6.92. The summed E-state index contributed by atoms with van der Waals surface area (Å²) in [6.45, 7) is 0.379. The van der Waals surface area contributed by atoms with Gasteiger partial charge < -0.3 is 9.67 Å². The van der Waals surface area contributed by atoms with Gasteiger partial charge in [-0.2, -0.15) is 0 Å². The third-order valence-electron chi connectivity index (χ3n) is 3.13. The molecule has 0 spiro atoms. The van der Waals surface area contributed by atoms with Gasteiger partial charge in [0.05, 0.1) is 12.1 Å². The molecule has 0 aliphatic heterocycles. The van der Waals surface area contributed by atoms with Crippen molar-refractivity contribution in [3.05, 3.63) is 69.5 Å². The van der Waals surface area contributed by atoms with Gasteiger partial charge in [-0.15, -0.1) is 11.3 Å². The van der Waals surface area contributed by atoms with Gasteiger partial charge in [-0.1, -0.05) is 18.2 Å². The molecule has 0 unspecified atom stereocenters. The van der Waals surface area contributed by atoms with Crippen molar-refractivity contribution in [2.45, 2.75) is 6.54 Å². The predicted molar refractivity (Wildman–Crippen MR) is 78.6 cm³/mol. The van der Waals surface area contributed by atoms with Crippen LogP contribution in [0.4, 0.5) is 0 Å². The molecule has 4 nitrogen and oxygen atoms in total. The van der Waals surface area contributed by atoms with E-state index in [1.165, 1.54) is 22.9 Å². The van der Waals surface area contributed by atoms with E-state index in [9.17, 15) is 9.59 Å². The van der Waals surface area contributed by atoms with Crippen LogP contribution in [0, 0.1) is 0 Å². The fourth-order valence-corrected chi connectivity index (χ4v) is 3.07. The Kier molecular flexibility index (Phi) is 3.12. The number of carboxylic acid groups (broad SMARTS) is 1. The van der Waals surface area contributed by atoms with Crippen LogP contribution in [0.1, 0.15) is 15.9 Å². The quantitative estimate of drug-likeness (QED) is 0.805. The maximum Gasteiger partial charge on any atom is 0.337 e. The van der Waals surface area contributed by atoms with Crippen LogP contribution in [0.3, 0.4) is 0 Å². The molecular weight excluding hydrogens is 274 g/mol. The summed E-state index contributed by atoms with van der Waals surface area (Å²) in [5.41, 5.74) is 0.935. The minimum Gasteiger partial charge on any atom is -0.478 e. The number of thiophene rings is 1. The van der Waals surface area contributed by atoms with Crippen LogP contribution in [0.2, 0.25) is 0 Å². The second-order valence-corrected chi connectivity index (χ2v) is 5.36. The first-order chi connectivity index (χ1) is 9.65. The maximum atomic E-state index is 11.8. The summed E-state index contributed by atoms with van der Waals surface area (Å²) < 4.78 is 2.59. The summed E-state index contributed by atoms with van der Waals surface area (Å²) in [6.07, 6.45) is 1.39. The molecular formula is C15H11NO3S. The number of aromatic nitrogens is 1. The first kappa shape index (κ1) is 12.6. The lowest BCUT2D eigenvalue weighted by Gasteiger charge is -2.06. The van der Waals surface area contributed by atoms with E-state index in [4.69, 9.17) is 5.11 Å². The van der Waals surface area contributed by atoms with Crippen molar-refractivity contribution >= 4 is 27.4 Å². The molecule has 0 saturated carbocycles. The van der Waals surface area contributed by atoms with Gasteiger partial charge in [-0.3, -0.25) is 4.79 Å². The molecule has 0 saturated heterocycles. The van der Waals surface area contributed by atoms with Crippen molar-refractivity contribution in [2.24, 2.45) is 0 Å². The molecule has 0 bridgehead atoms. The molecule has 0 radical (unpaired) electrons. The topological polar surface area (TPSA) is 59.3 Å². The SMILES string of the molecule is O=C(O)c1ccc(=O)n(Cc2csc3ccccc23)c1. The number of carboxylic acids is 1. The summed E-state index contributed by atoms with van der Waals surface area (Å²) in [4.78, 5) is 22.8. The Morgan fingerprint density at radius 2 is 2.00 bits per heavy atom. The molecule has 20 heavy (non-hydrogen) atoms. The molecule has 1 aromatic carbocycles. The van der Waals surface area contributed by atoms with Crippen LogP contribution in [0.5, 0.6) is 0 Å². The molecule has 3 rings (SSSR count). The zero-order chi connectivity index (χ0) is 14.1. The van der Waals surface area contributed by atoms with Crippen molar-refractivity contribution in [2.75, 3.05) is 0 Å². The number of carbonyl (C=O) groups is 1. The van der Waals surface area contributed by atoms with Crippen LogP contribution in [0.15, 0.2) is 52.8 Å². The lowest BCUT2D eigenvalue weighted by Crippen LogP contribution is -2.20. The van der Waals surface area contributed by atoms with Crippen molar-refractivity contribution in [1.82, 2.24) is 4.57 Å². The number of benzene rings is 1. The van der Waals surface area contributed by atoms with Gasteiger partial charge in [0.25, 0.3) is 5.56 Å². The van der Waals surface area contributed by atoms with E-state index in [1.54, 1.807) is 11.3 Å². The predicted octanol–water partition coefficient (Wildman–Crippen LogP) is 2.81. The van der Waals surface area contributed by atoms with E-state index in [0.29, 0.717) is 6.54 Å². The van der Waals surface area contributed by atoms with Gasteiger partial charge in [0.2, 0.25) is 0 Å². The van der Waals surface area contributed by atoms with E-state index in [2.05, 4.69) is 0 Å². The van der Waals surface area contributed by atoms with E-state index in [-0.39, 0.29) is 11.1 Å². The largest absolute Gasteiger partial charge is 0.478 e. The lowest BCUT2D eigenvalue weighted by molar-refractivity contribution is 0.0696. The Balaban J connectivity index is 2.05. The minimum atomic E-state index is -1.03. The standard InChI is InChI=1S/C15H11NO3S/c17-14-6-5-10(15(18)19)7-16(14)8-11-9-20-13-4-2-1-3-12(11)13/h1-7,9H,8H2,(H,18,19). The summed E-state index contributed by atoms with van der Waals surface area (Å²) >= 11 is 1.62. The molecule has 3 aromatic rings. The molecule has 0 aliphatic rings. The fraction of sp³-hybridized carbons (Fsp3) is 0.0667. The van der Waals surface area contributed by atoms with Crippen LogP contribution in [-0.4, -0.2) is 15.6 Å². The van der Waals surface area contributed by atoms with Crippen LogP contribution in [0.25, 0.3) is 10.1 Å².